The molecule has 3 heteroatoms. The largest absolute Gasteiger partial charge is 0.480 e. The number of hydrogen-bond donors (Lipinski definition) is 1. The highest BCUT2D eigenvalue weighted by Crippen LogP contribution is 2.23. The van der Waals surface area contributed by atoms with E-state index in [1.54, 1.807) is 0 Å². The Labute approximate surface area is 79.7 Å². The van der Waals surface area contributed by atoms with Gasteiger partial charge in [0.05, 0.1) is 0 Å². The Hall–Kier alpha value is -0.570. The molecule has 0 saturated carbocycles. The first-order valence-corrected chi connectivity index (χ1v) is 5.19. The molecule has 0 bridgehead atoms. The van der Waals surface area contributed by atoms with E-state index in [-0.39, 0.29) is 6.04 Å². The highest BCUT2D eigenvalue weighted by atomic mass is 16.4. The minimum absolute atomic E-state index is 0.257. The van der Waals surface area contributed by atoms with Crippen LogP contribution >= 0.6 is 0 Å². The molecular weight excluding hydrogens is 166 g/mol. The predicted octanol–water partition coefficient (Wildman–Crippen LogP) is 1.72. The summed E-state index contributed by atoms with van der Waals surface area (Å²) in [5.74, 6) is -0.664. The van der Waals surface area contributed by atoms with Crippen LogP contribution in [0, 0.1) is 0 Å². The fourth-order valence-corrected chi connectivity index (χ4v) is 2.26. The summed E-state index contributed by atoms with van der Waals surface area (Å²) in [4.78, 5) is 13.1. The predicted molar refractivity (Wildman–Crippen MR) is 51.7 cm³/mol. The molecule has 1 aliphatic heterocycles. The lowest BCUT2D eigenvalue weighted by Gasteiger charge is -2.28. The number of carboxylic acid groups (broad SMARTS) is 1. The highest BCUT2D eigenvalue weighted by molar-refractivity contribution is 5.73. The van der Waals surface area contributed by atoms with Gasteiger partial charge in [-0.05, 0) is 32.2 Å². The van der Waals surface area contributed by atoms with Crippen LogP contribution < -0.4 is 0 Å². The average Bonchev–Trinajstić information content (AvgIpc) is 2.53. The van der Waals surface area contributed by atoms with Crippen LogP contribution in [0.4, 0.5) is 0 Å². The topological polar surface area (TPSA) is 40.5 Å². The molecule has 0 aliphatic carbocycles. The van der Waals surface area contributed by atoms with Gasteiger partial charge in [0.2, 0.25) is 0 Å². The van der Waals surface area contributed by atoms with E-state index in [1.807, 2.05) is 6.92 Å². The Morgan fingerprint density at radius 2 is 2.31 bits per heavy atom. The van der Waals surface area contributed by atoms with E-state index in [1.165, 1.54) is 6.42 Å². The van der Waals surface area contributed by atoms with E-state index in [2.05, 4.69) is 11.8 Å². The van der Waals surface area contributed by atoms with Crippen LogP contribution in [0.3, 0.4) is 0 Å². The Bertz CT molecular complexity index is 182. The van der Waals surface area contributed by atoms with Crippen molar-refractivity contribution in [2.45, 2.75) is 51.6 Å². The number of carbonyl (C=O) groups is 1. The van der Waals surface area contributed by atoms with Gasteiger partial charge >= 0.3 is 5.97 Å². The summed E-state index contributed by atoms with van der Waals surface area (Å²) < 4.78 is 0. The maximum absolute atomic E-state index is 10.9. The van der Waals surface area contributed by atoms with Crippen molar-refractivity contribution in [1.82, 2.24) is 4.90 Å². The van der Waals surface area contributed by atoms with Gasteiger partial charge in [-0.3, -0.25) is 9.69 Å². The van der Waals surface area contributed by atoms with Crippen molar-refractivity contribution in [1.29, 1.82) is 0 Å². The third kappa shape index (κ3) is 2.21. The molecule has 1 heterocycles. The molecule has 0 aromatic rings. The monoisotopic (exact) mass is 185 g/mol. The summed E-state index contributed by atoms with van der Waals surface area (Å²) in [7, 11) is 0. The van der Waals surface area contributed by atoms with Gasteiger partial charge in [0.15, 0.2) is 0 Å². The second-order valence-electron chi connectivity index (χ2n) is 3.70. The Morgan fingerprint density at radius 1 is 1.62 bits per heavy atom. The number of likely N-dealkylation sites (tertiary alicyclic amines) is 1. The van der Waals surface area contributed by atoms with Gasteiger partial charge in [0.25, 0.3) is 0 Å². The van der Waals surface area contributed by atoms with Crippen molar-refractivity contribution in [2.75, 3.05) is 6.54 Å². The molecule has 0 radical (unpaired) electrons. The van der Waals surface area contributed by atoms with Crippen molar-refractivity contribution in [3.8, 4) is 0 Å². The van der Waals surface area contributed by atoms with E-state index in [4.69, 9.17) is 5.11 Å². The van der Waals surface area contributed by atoms with E-state index in [0.29, 0.717) is 12.5 Å². The fraction of sp³-hybridized carbons (Fsp3) is 0.900. The van der Waals surface area contributed by atoms with Crippen molar-refractivity contribution in [2.24, 2.45) is 0 Å². The number of carboxylic acids is 1. The average molecular weight is 185 g/mol. The maximum Gasteiger partial charge on any atom is 0.320 e. The molecule has 1 fully saturated rings. The molecule has 1 aliphatic rings. The molecule has 1 N–H and O–H groups in total. The standard InChI is InChI=1S/C10H19NO2/c1-3-8-6-5-7-11(8)9(4-2)10(12)13/h8-9H,3-7H2,1-2H3,(H,12,13). The minimum Gasteiger partial charge on any atom is -0.480 e. The van der Waals surface area contributed by atoms with Crippen LogP contribution in [0.1, 0.15) is 39.5 Å². The molecular formula is C10H19NO2. The van der Waals surface area contributed by atoms with Gasteiger partial charge in [-0.15, -0.1) is 0 Å². The normalized spacial score (nSPS) is 26.2. The van der Waals surface area contributed by atoms with E-state index >= 15 is 0 Å². The van der Waals surface area contributed by atoms with Gasteiger partial charge in [0, 0.05) is 6.04 Å². The lowest BCUT2D eigenvalue weighted by molar-refractivity contribution is -0.143. The summed E-state index contributed by atoms with van der Waals surface area (Å²) in [6, 6.07) is 0.244. The Morgan fingerprint density at radius 3 is 2.77 bits per heavy atom. The molecule has 0 spiro atoms. The lowest BCUT2D eigenvalue weighted by Crippen LogP contribution is -2.43. The van der Waals surface area contributed by atoms with Crippen molar-refractivity contribution in [3.63, 3.8) is 0 Å². The van der Waals surface area contributed by atoms with E-state index in [9.17, 15) is 4.79 Å². The number of nitrogens with zero attached hydrogens (tertiary/aromatic N) is 1. The van der Waals surface area contributed by atoms with Crippen LogP contribution in [-0.4, -0.2) is 34.6 Å². The van der Waals surface area contributed by atoms with Crippen molar-refractivity contribution in [3.05, 3.63) is 0 Å². The molecule has 76 valence electrons. The van der Waals surface area contributed by atoms with E-state index < -0.39 is 5.97 Å². The van der Waals surface area contributed by atoms with Crippen LogP contribution in [-0.2, 0) is 4.79 Å². The molecule has 0 aromatic heterocycles. The molecule has 1 saturated heterocycles. The zero-order valence-corrected chi connectivity index (χ0v) is 8.49. The maximum atomic E-state index is 10.9. The zero-order valence-electron chi connectivity index (χ0n) is 8.49. The summed E-state index contributed by atoms with van der Waals surface area (Å²) >= 11 is 0. The molecule has 3 nitrogen and oxygen atoms in total. The van der Waals surface area contributed by atoms with Gasteiger partial charge in [-0.25, -0.2) is 0 Å². The zero-order chi connectivity index (χ0) is 9.84. The number of aliphatic carboxylic acids is 1. The Balaban J connectivity index is 2.61. The Kier molecular flexibility index (Phi) is 3.72. The van der Waals surface area contributed by atoms with Crippen molar-refractivity contribution >= 4 is 5.97 Å². The molecule has 1 rings (SSSR count). The third-order valence-corrected chi connectivity index (χ3v) is 2.97. The van der Waals surface area contributed by atoms with Crippen LogP contribution in [0.15, 0.2) is 0 Å². The van der Waals surface area contributed by atoms with Crippen molar-refractivity contribution < 1.29 is 9.90 Å². The van der Waals surface area contributed by atoms with Crippen LogP contribution in [0.5, 0.6) is 0 Å². The van der Waals surface area contributed by atoms with Gasteiger partial charge in [-0.1, -0.05) is 13.8 Å². The second kappa shape index (κ2) is 4.61. The second-order valence-corrected chi connectivity index (χ2v) is 3.70. The first-order valence-electron chi connectivity index (χ1n) is 5.19. The van der Waals surface area contributed by atoms with Gasteiger partial charge < -0.3 is 5.11 Å². The van der Waals surface area contributed by atoms with Crippen LogP contribution in [0.2, 0.25) is 0 Å². The summed E-state index contributed by atoms with van der Waals surface area (Å²) in [5.41, 5.74) is 0. The molecule has 2 atom stereocenters. The highest BCUT2D eigenvalue weighted by Gasteiger charge is 2.32. The molecule has 2 unspecified atom stereocenters. The first kappa shape index (κ1) is 10.5. The molecule has 13 heavy (non-hydrogen) atoms. The summed E-state index contributed by atoms with van der Waals surface area (Å²) in [6.45, 7) is 5.05. The van der Waals surface area contributed by atoms with Crippen LogP contribution in [0.25, 0.3) is 0 Å². The lowest BCUT2D eigenvalue weighted by atomic mass is 10.1. The smallest absolute Gasteiger partial charge is 0.320 e. The summed E-state index contributed by atoms with van der Waals surface area (Å²) in [5, 5.41) is 9.01. The molecule has 0 aromatic carbocycles. The number of hydrogen-bond acceptors (Lipinski definition) is 2. The fourth-order valence-electron chi connectivity index (χ4n) is 2.26. The minimum atomic E-state index is -0.664. The van der Waals surface area contributed by atoms with Gasteiger partial charge in [-0.2, -0.15) is 0 Å². The van der Waals surface area contributed by atoms with Gasteiger partial charge in [0.1, 0.15) is 6.04 Å². The first-order chi connectivity index (χ1) is 6.20. The van der Waals surface area contributed by atoms with E-state index in [0.717, 1.165) is 19.4 Å². The molecule has 0 amide bonds. The SMILES string of the molecule is CCC1CCCN1C(CC)C(=O)O. The third-order valence-electron chi connectivity index (χ3n) is 2.97. The summed E-state index contributed by atoms with van der Waals surface area (Å²) in [6.07, 6.45) is 4.11. The number of rotatable bonds is 4. The quantitative estimate of drug-likeness (QED) is 0.725.